The normalized spacial score (nSPS) is 10.6. The fourth-order valence-electron chi connectivity index (χ4n) is 1.69. The predicted octanol–water partition coefficient (Wildman–Crippen LogP) is 2.34. The summed E-state index contributed by atoms with van der Waals surface area (Å²) < 4.78 is 7.04. The molecule has 0 saturated carbocycles. The molecule has 0 bridgehead atoms. The van der Waals surface area contributed by atoms with Crippen LogP contribution in [0.25, 0.3) is 0 Å². The molecule has 0 N–H and O–H groups in total. The van der Waals surface area contributed by atoms with Crippen LogP contribution in [0.3, 0.4) is 0 Å². The monoisotopic (exact) mass is 291 g/mol. The van der Waals surface area contributed by atoms with E-state index in [0.29, 0.717) is 11.4 Å². The van der Waals surface area contributed by atoms with Gasteiger partial charge in [-0.1, -0.05) is 12.1 Å². The fraction of sp³-hybridized carbons (Fsp3) is 0.357. The highest BCUT2D eigenvalue weighted by atomic mass is 32.2. The first-order chi connectivity index (χ1) is 9.61. The van der Waals surface area contributed by atoms with Gasteiger partial charge in [-0.15, -0.1) is 10.2 Å². The molecule has 2 aromatic rings. The molecule has 0 aliphatic rings. The molecule has 0 aliphatic heterocycles. The van der Waals surface area contributed by atoms with Crippen LogP contribution in [0.5, 0.6) is 0 Å². The van der Waals surface area contributed by atoms with Crippen LogP contribution < -0.4 is 0 Å². The molecule has 0 saturated heterocycles. The average molecular weight is 291 g/mol. The molecule has 0 radical (unpaired) electrons. The lowest BCUT2D eigenvalue weighted by molar-refractivity contribution is 0.0458. The third-order valence-corrected chi connectivity index (χ3v) is 3.64. The molecule has 0 atom stereocenters. The lowest BCUT2D eigenvalue weighted by Gasteiger charge is -2.05. The summed E-state index contributed by atoms with van der Waals surface area (Å²) in [7, 11) is 1.84. The van der Waals surface area contributed by atoms with E-state index in [1.165, 1.54) is 5.56 Å². The van der Waals surface area contributed by atoms with Gasteiger partial charge in [0.2, 0.25) is 0 Å². The maximum atomic E-state index is 11.9. The highest BCUT2D eigenvalue weighted by Crippen LogP contribution is 2.12. The van der Waals surface area contributed by atoms with Gasteiger partial charge in [0.05, 0.1) is 5.56 Å². The van der Waals surface area contributed by atoms with Crippen LogP contribution in [-0.4, -0.2) is 27.0 Å². The van der Waals surface area contributed by atoms with Crippen molar-refractivity contribution < 1.29 is 9.53 Å². The molecule has 1 aromatic heterocycles. The van der Waals surface area contributed by atoms with Gasteiger partial charge in [0.25, 0.3) is 0 Å². The van der Waals surface area contributed by atoms with Crippen LogP contribution >= 0.6 is 11.8 Å². The molecular formula is C14H17N3O2S. The highest BCUT2D eigenvalue weighted by Gasteiger charge is 2.10. The van der Waals surface area contributed by atoms with Gasteiger partial charge >= 0.3 is 5.97 Å². The van der Waals surface area contributed by atoms with Crippen molar-refractivity contribution in [1.29, 1.82) is 0 Å². The van der Waals surface area contributed by atoms with Gasteiger partial charge in [-0.3, -0.25) is 0 Å². The summed E-state index contributed by atoms with van der Waals surface area (Å²) >= 11 is 1.75. The number of aromatic nitrogens is 3. The van der Waals surface area contributed by atoms with Crippen molar-refractivity contribution in [3.05, 3.63) is 47.0 Å². The van der Waals surface area contributed by atoms with E-state index in [1.807, 2.05) is 32.4 Å². The van der Waals surface area contributed by atoms with E-state index in [9.17, 15) is 4.79 Å². The van der Waals surface area contributed by atoms with E-state index >= 15 is 0 Å². The second kappa shape index (κ2) is 6.56. The van der Waals surface area contributed by atoms with E-state index in [0.717, 1.165) is 11.6 Å². The Kier molecular flexibility index (Phi) is 4.79. The first-order valence-corrected chi connectivity index (χ1v) is 7.61. The molecule has 1 heterocycles. The largest absolute Gasteiger partial charge is 0.454 e. The number of ether oxygens (including phenoxy) is 1. The number of esters is 1. The number of carbonyl (C=O) groups excluding carboxylic acids is 1. The summed E-state index contributed by atoms with van der Waals surface area (Å²) in [5, 5.41) is 7.87. The third-order valence-electron chi connectivity index (χ3n) is 3.02. The Bertz CT molecular complexity index is 593. The Labute approximate surface area is 122 Å². The summed E-state index contributed by atoms with van der Waals surface area (Å²) in [5.74, 6) is 2.02. The zero-order valence-electron chi connectivity index (χ0n) is 11.8. The van der Waals surface area contributed by atoms with Crippen molar-refractivity contribution in [2.45, 2.75) is 19.3 Å². The van der Waals surface area contributed by atoms with Crippen LogP contribution in [0.2, 0.25) is 0 Å². The molecule has 2 rings (SSSR count). The average Bonchev–Trinajstić information content (AvgIpc) is 2.77. The number of nitrogens with zero attached hydrogens (tertiary/aromatic N) is 3. The minimum Gasteiger partial charge on any atom is -0.454 e. The minimum atomic E-state index is -0.346. The predicted molar refractivity (Wildman–Crippen MR) is 78.5 cm³/mol. The van der Waals surface area contributed by atoms with Crippen molar-refractivity contribution >= 4 is 17.7 Å². The van der Waals surface area contributed by atoms with Crippen molar-refractivity contribution in [2.75, 3.05) is 6.26 Å². The Morgan fingerprint density at radius 1 is 1.30 bits per heavy atom. The molecule has 20 heavy (non-hydrogen) atoms. The summed E-state index contributed by atoms with van der Waals surface area (Å²) in [6, 6.07) is 7.46. The third kappa shape index (κ3) is 3.39. The fourth-order valence-corrected chi connectivity index (χ4v) is 2.22. The molecule has 1 aromatic carbocycles. The topological polar surface area (TPSA) is 57.0 Å². The molecule has 0 fully saturated rings. The van der Waals surface area contributed by atoms with Crippen LogP contribution in [0, 0.1) is 6.92 Å². The number of hydrogen-bond donors (Lipinski definition) is 0. The van der Waals surface area contributed by atoms with E-state index < -0.39 is 0 Å². The SMILES string of the molecule is CSCc1ccc(C(=O)OCc2nnc(C)n2C)cc1. The second-order valence-corrected chi connectivity index (χ2v) is 5.29. The van der Waals surface area contributed by atoms with Gasteiger partial charge in [0.1, 0.15) is 5.82 Å². The van der Waals surface area contributed by atoms with E-state index in [2.05, 4.69) is 10.2 Å². The Balaban J connectivity index is 1.96. The Morgan fingerprint density at radius 3 is 2.55 bits per heavy atom. The first kappa shape index (κ1) is 14.6. The van der Waals surface area contributed by atoms with Gasteiger partial charge in [-0.2, -0.15) is 11.8 Å². The standard InChI is InChI=1S/C14H17N3O2S/c1-10-15-16-13(17(10)2)8-19-14(18)12-6-4-11(5-7-12)9-20-3/h4-7H,8-9H2,1-3H3. The van der Waals surface area contributed by atoms with Gasteiger partial charge in [0.15, 0.2) is 12.4 Å². The van der Waals surface area contributed by atoms with E-state index in [-0.39, 0.29) is 12.6 Å². The van der Waals surface area contributed by atoms with Crippen LogP contribution in [0.1, 0.15) is 27.6 Å². The summed E-state index contributed by atoms with van der Waals surface area (Å²) in [6.07, 6.45) is 2.05. The van der Waals surface area contributed by atoms with Crippen molar-refractivity contribution in [1.82, 2.24) is 14.8 Å². The number of rotatable bonds is 5. The lowest BCUT2D eigenvalue weighted by Crippen LogP contribution is -2.08. The molecule has 6 heteroatoms. The van der Waals surface area contributed by atoms with Crippen molar-refractivity contribution in [2.24, 2.45) is 7.05 Å². The summed E-state index contributed by atoms with van der Waals surface area (Å²) in [4.78, 5) is 11.9. The molecule has 5 nitrogen and oxygen atoms in total. The smallest absolute Gasteiger partial charge is 0.338 e. The molecule has 0 amide bonds. The van der Waals surface area contributed by atoms with Crippen LogP contribution in [-0.2, 0) is 24.1 Å². The van der Waals surface area contributed by atoms with Gasteiger partial charge in [-0.05, 0) is 30.9 Å². The Morgan fingerprint density at radius 2 is 2.00 bits per heavy atom. The number of hydrogen-bond acceptors (Lipinski definition) is 5. The molecule has 0 spiro atoms. The highest BCUT2D eigenvalue weighted by molar-refractivity contribution is 7.97. The maximum absolute atomic E-state index is 11.9. The first-order valence-electron chi connectivity index (χ1n) is 6.21. The van der Waals surface area contributed by atoms with Gasteiger partial charge in [0, 0.05) is 12.8 Å². The molecule has 0 unspecified atom stereocenters. The molecule has 106 valence electrons. The zero-order valence-corrected chi connectivity index (χ0v) is 12.6. The van der Waals surface area contributed by atoms with Crippen molar-refractivity contribution in [3.63, 3.8) is 0 Å². The Hall–Kier alpha value is -1.82. The number of thioether (sulfide) groups is 1. The number of aryl methyl sites for hydroxylation is 1. The summed E-state index contributed by atoms with van der Waals surface area (Å²) in [6.45, 7) is 1.98. The van der Waals surface area contributed by atoms with E-state index in [4.69, 9.17) is 4.74 Å². The minimum absolute atomic E-state index is 0.128. The molecular weight excluding hydrogens is 274 g/mol. The zero-order chi connectivity index (χ0) is 14.5. The van der Waals surface area contributed by atoms with Gasteiger partial charge in [-0.25, -0.2) is 4.79 Å². The molecule has 0 aliphatic carbocycles. The quantitative estimate of drug-likeness (QED) is 0.791. The van der Waals surface area contributed by atoms with Gasteiger partial charge < -0.3 is 9.30 Å². The lowest BCUT2D eigenvalue weighted by atomic mass is 10.1. The summed E-state index contributed by atoms with van der Waals surface area (Å²) in [5.41, 5.74) is 1.74. The number of carbonyl (C=O) groups is 1. The van der Waals surface area contributed by atoms with Crippen molar-refractivity contribution in [3.8, 4) is 0 Å². The van der Waals surface area contributed by atoms with E-state index in [1.54, 1.807) is 28.5 Å². The maximum Gasteiger partial charge on any atom is 0.338 e. The van der Waals surface area contributed by atoms with Crippen LogP contribution in [0.4, 0.5) is 0 Å². The van der Waals surface area contributed by atoms with Crippen LogP contribution in [0.15, 0.2) is 24.3 Å². The second-order valence-electron chi connectivity index (χ2n) is 4.43. The number of benzene rings is 1.